The summed E-state index contributed by atoms with van der Waals surface area (Å²) in [7, 11) is 0. The Labute approximate surface area is 114 Å². The standard InChI is InChI=1S/C16H23FO2/c1-3-12-6-4-5-7-16(12)19-13-8-9-14(11(2)18)15(17)10-13/h8-12,16,18H,3-7H2,1-2H3. The van der Waals surface area contributed by atoms with Crippen LogP contribution in [-0.4, -0.2) is 11.2 Å². The summed E-state index contributed by atoms with van der Waals surface area (Å²) in [4.78, 5) is 0. The van der Waals surface area contributed by atoms with Crippen molar-refractivity contribution in [2.45, 2.75) is 58.2 Å². The second kappa shape index (κ2) is 6.38. The summed E-state index contributed by atoms with van der Waals surface area (Å²) in [5, 5.41) is 9.42. The summed E-state index contributed by atoms with van der Waals surface area (Å²) in [6.45, 7) is 3.75. The Balaban J connectivity index is 2.08. The van der Waals surface area contributed by atoms with Crippen LogP contribution in [0.1, 0.15) is 57.6 Å². The second-order valence-electron chi connectivity index (χ2n) is 5.47. The highest BCUT2D eigenvalue weighted by atomic mass is 19.1. The summed E-state index contributed by atoms with van der Waals surface area (Å²) in [6.07, 6.45) is 5.25. The summed E-state index contributed by atoms with van der Waals surface area (Å²) < 4.78 is 19.7. The third-order valence-electron chi connectivity index (χ3n) is 4.07. The van der Waals surface area contributed by atoms with Gasteiger partial charge < -0.3 is 9.84 Å². The molecule has 1 N–H and O–H groups in total. The van der Waals surface area contributed by atoms with Gasteiger partial charge in [-0.2, -0.15) is 0 Å². The Hall–Kier alpha value is -1.09. The normalized spacial score (nSPS) is 25.1. The quantitative estimate of drug-likeness (QED) is 0.883. The van der Waals surface area contributed by atoms with Crippen LogP contribution in [0.25, 0.3) is 0 Å². The number of rotatable bonds is 4. The molecule has 1 aromatic carbocycles. The molecule has 3 atom stereocenters. The molecular weight excluding hydrogens is 243 g/mol. The fourth-order valence-corrected chi connectivity index (χ4v) is 2.89. The molecule has 1 aromatic rings. The van der Waals surface area contributed by atoms with Gasteiger partial charge in [-0.1, -0.05) is 13.3 Å². The smallest absolute Gasteiger partial charge is 0.132 e. The van der Waals surface area contributed by atoms with Crippen LogP contribution in [0.5, 0.6) is 5.75 Å². The number of aliphatic hydroxyl groups is 1. The maximum Gasteiger partial charge on any atom is 0.132 e. The van der Waals surface area contributed by atoms with Crippen LogP contribution in [-0.2, 0) is 0 Å². The van der Waals surface area contributed by atoms with E-state index < -0.39 is 11.9 Å². The Morgan fingerprint density at radius 3 is 2.74 bits per heavy atom. The van der Waals surface area contributed by atoms with Gasteiger partial charge in [-0.15, -0.1) is 0 Å². The van der Waals surface area contributed by atoms with Crippen molar-refractivity contribution in [1.29, 1.82) is 0 Å². The van der Waals surface area contributed by atoms with Crippen molar-refractivity contribution in [1.82, 2.24) is 0 Å². The lowest BCUT2D eigenvalue weighted by atomic mass is 9.85. The Morgan fingerprint density at radius 1 is 1.37 bits per heavy atom. The number of aliphatic hydroxyl groups excluding tert-OH is 1. The van der Waals surface area contributed by atoms with Gasteiger partial charge in [0, 0.05) is 11.6 Å². The van der Waals surface area contributed by atoms with Crippen molar-refractivity contribution in [3.05, 3.63) is 29.6 Å². The molecule has 1 saturated carbocycles. The summed E-state index contributed by atoms with van der Waals surface area (Å²) in [5.74, 6) is 0.761. The highest BCUT2D eigenvalue weighted by molar-refractivity contribution is 5.30. The third-order valence-corrected chi connectivity index (χ3v) is 4.07. The van der Waals surface area contributed by atoms with E-state index in [-0.39, 0.29) is 6.10 Å². The number of benzene rings is 1. The molecule has 0 aromatic heterocycles. The van der Waals surface area contributed by atoms with Gasteiger partial charge >= 0.3 is 0 Å². The molecule has 0 heterocycles. The van der Waals surface area contributed by atoms with Gasteiger partial charge in [-0.3, -0.25) is 0 Å². The van der Waals surface area contributed by atoms with Gasteiger partial charge in [0.05, 0.1) is 6.10 Å². The molecule has 0 radical (unpaired) electrons. The van der Waals surface area contributed by atoms with Crippen LogP contribution < -0.4 is 4.74 Å². The summed E-state index contributed by atoms with van der Waals surface area (Å²) in [6, 6.07) is 4.76. The molecule has 0 bridgehead atoms. The molecular formula is C16H23FO2. The average molecular weight is 266 g/mol. The highest BCUT2D eigenvalue weighted by Crippen LogP contribution is 2.31. The zero-order valence-corrected chi connectivity index (χ0v) is 11.7. The minimum absolute atomic E-state index is 0.204. The molecule has 1 aliphatic rings. The Kier molecular flexibility index (Phi) is 4.81. The lowest BCUT2D eigenvalue weighted by Gasteiger charge is -2.31. The summed E-state index contributed by atoms with van der Waals surface area (Å²) >= 11 is 0. The van der Waals surface area contributed by atoms with E-state index in [1.54, 1.807) is 19.1 Å². The maximum atomic E-state index is 13.8. The molecule has 0 spiro atoms. The molecule has 1 fully saturated rings. The van der Waals surface area contributed by atoms with Crippen LogP contribution in [0, 0.1) is 11.7 Å². The van der Waals surface area contributed by atoms with E-state index in [9.17, 15) is 9.50 Å². The lowest BCUT2D eigenvalue weighted by molar-refractivity contribution is 0.0899. The number of ether oxygens (including phenoxy) is 1. The zero-order valence-electron chi connectivity index (χ0n) is 11.7. The first-order chi connectivity index (χ1) is 9.11. The van der Waals surface area contributed by atoms with Gasteiger partial charge in [0.1, 0.15) is 17.7 Å². The van der Waals surface area contributed by atoms with E-state index in [2.05, 4.69) is 6.92 Å². The molecule has 3 unspecified atom stereocenters. The molecule has 0 amide bonds. The second-order valence-corrected chi connectivity index (χ2v) is 5.47. The minimum atomic E-state index is -0.785. The summed E-state index contributed by atoms with van der Waals surface area (Å²) in [5.41, 5.74) is 0.322. The van der Waals surface area contributed by atoms with E-state index in [0.717, 1.165) is 12.8 Å². The minimum Gasteiger partial charge on any atom is -0.490 e. The van der Waals surface area contributed by atoms with Crippen molar-refractivity contribution >= 4 is 0 Å². The van der Waals surface area contributed by atoms with E-state index in [1.807, 2.05) is 0 Å². The topological polar surface area (TPSA) is 29.5 Å². The van der Waals surface area contributed by atoms with Crippen molar-refractivity contribution < 1.29 is 14.2 Å². The fourth-order valence-electron chi connectivity index (χ4n) is 2.89. The first-order valence-electron chi connectivity index (χ1n) is 7.26. The van der Waals surface area contributed by atoms with Gasteiger partial charge in [0.25, 0.3) is 0 Å². The molecule has 3 heteroatoms. The van der Waals surface area contributed by atoms with Crippen molar-refractivity contribution in [2.24, 2.45) is 5.92 Å². The monoisotopic (exact) mass is 266 g/mol. The lowest BCUT2D eigenvalue weighted by Crippen LogP contribution is -2.29. The van der Waals surface area contributed by atoms with E-state index in [1.165, 1.54) is 25.3 Å². The molecule has 0 aliphatic heterocycles. The number of halogens is 1. The van der Waals surface area contributed by atoms with Crippen molar-refractivity contribution in [3.63, 3.8) is 0 Å². The van der Waals surface area contributed by atoms with Crippen LogP contribution in [0.4, 0.5) is 4.39 Å². The van der Waals surface area contributed by atoms with Crippen molar-refractivity contribution in [2.75, 3.05) is 0 Å². The molecule has 2 rings (SSSR count). The molecule has 106 valence electrons. The van der Waals surface area contributed by atoms with E-state index in [4.69, 9.17) is 4.74 Å². The van der Waals surface area contributed by atoms with Gasteiger partial charge in [0.15, 0.2) is 0 Å². The Bertz CT molecular complexity index is 417. The maximum absolute atomic E-state index is 13.8. The van der Waals surface area contributed by atoms with E-state index in [0.29, 0.717) is 17.2 Å². The zero-order chi connectivity index (χ0) is 13.8. The predicted octanol–water partition coefficient (Wildman–Crippen LogP) is 4.23. The van der Waals surface area contributed by atoms with Crippen molar-refractivity contribution in [3.8, 4) is 5.75 Å². The molecule has 2 nitrogen and oxygen atoms in total. The largest absolute Gasteiger partial charge is 0.490 e. The number of hydrogen-bond donors (Lipinski definition) is 1. The predicted molar refractivity (Wildman–Crippen MR) is 73.7 cm³/mol. The molecule has 19 heavy (non-hydrogen) atoms. The number of hydrogen-bond acceptors (Lipinski definition) is 2. The Morgan fingerprint density at radius 2 is 2.11 bits per heavy atom. The molecule has 1 aliphatic carbocycles. The van der Waals surface area contributed by atoms with Gasteiger partial charge in [0.2, 0.25) is 0 Å². The molecule has 0 saturated heterocycles. The first kappa shape index (κ1) is 14.3. The van der Waals surface area contributed by atoms with Crippen LogP contribution in [0.2, 0.25) is 0 Å². The first-order valence-corrected chi connectivity index (χ1v) is 7.26. The average Bonchev–Trinajstić information content (AvgIpc) is 2.39. The van der Waals surface area contributed by atoms with Crippen LogP contribution >= 0.6 is 0 Å². The van der Waals surface area contributed by atoms with Gasteiger partial charge in [-0.25, -0.2) is 4.39 Å². The van der Waals surface area contributed by atoms with Crippen LogP contribution in [0.15, 0.2) is 18.2 Å². The van der Waals surface area contributed by atoms with E-state index >= 15 is 0 Å². The van der Waals surface area contributed by atoms with Gasteiger partial charge in [-0.05, 0) is 50.7 Å². The third kappa shape index (κ3) is 3.47. The SMILES string of the molecule is CCC1CCCCC1Oc1ccc(C(C)O)c(F)c1. The fraction of sp³-hybridized carbons (Fsp3) is 0.625. The van der Waals surface area contributed by atoms with Crippen LogP contribution in [0.3, 0.4) is 0 Å². The highest BCUT2D eigenvalue weighted by Gasteiger charge is 2.25.